The maximum Gasteiger partial charge on any atom is 0.294 e. The van der Waals surface area contributed by atoms with Gasteiger partial charge in [-0.1, -0.05) is 0 Å². The molecule has 1 rings (SSSR count). The Hall–Kier alpha value is -1.47. The molecule has 13 heavy (non-hydrogen) atoms. The van der Waals surface area contributed by atoms with E-state index in [4.69, 9.17) is 9.66 Å². The molecule has 0 aliphatic heterocycles. The molecule has 0 unspecified atom stereocenters. The van der Waals surface area contributed by atoms with E-state index in [0.29, 0.717) is 0 Å². The Kier molecular flexibility index (Phi) is 2.30. The van der Waals surface area contributed by atoms with Crippen molar-refractivity contribution in [2.75, 3.05) is 0 Å². The molecule has 0 saturated heterocycles. The Labute approximate surface area is 73.5 Å². The largest absolute Gasteiger partial charge is 0.506 e. The second kappa shape index (κ2) is 3.11. The smallest absolute Gasteiger partial charge is 0.294 e. The van der Waals surface area contributed by atoms with Gasteiger partial charge in [0.1, 0.15) is 5.75 Å². The summed E-state index contributed by atoms with van der Waals surface area (Å²) in [5, 5.41) is 11.3. The molecule has 0 atom stereocenters. The van der Waals surface area contributed by atoms with Crippen LogP contribution in [0.5, 0.6) is 5.75 Å². The molecule has 1 aromatic rings. The monoisotopic (exact) mass is 203 g/mol. The Bertz CT molecular complexity index is 438. The Morgan fingerprint density at radius 3 is 2.38 bits per heavy atom. The van der Waals surface area contributed by atoms with E-state index in [1.807, 2.05) is 0 Å². The molecule has 0 aromatic heterocycles. The van der Waals surface area contributed by atoms with Crippen LogP contribution in [0, 0.1) is 4.91 Å². The number of rotatable bonds is 2. The first-order valence-corrected chi connectivity index (χ1v) is 4.53. The Balaban J connectivity index is 3.38. The first kappa shape index (κ1) is 9.62. The molecule has 0 aliphatic rings. The van der Waals surface area contributed by atoms with Crippen molar-refractivity contribution in [3.05, 3.63) is 23.1 Å². The fourth-order valence-corrected chi connectivity index (χ4v) is 1.24. The minimum Gasteiger partial charge on any atom is -0.506 e. The minimum absolute atomic E-state index is 0.435. The summed E-state index contributed by atoms with van der Waals surface area (Å²) in [5.74, 6) is -0.442. The summed E-state index contributed by atoms with van der Waals surface area (Å²) in [4.78, 5) is 9.53. The number of phenolic OH excluding ortho intramolecular Hbond substituents is 1. The van der Waals surface area contributed by atoms with Gasteiger partial charge in [-0.15, -0.1) is 4.91 Å². The highest BCUT2D eigenvalue weighted by Crippen LogP contribution is 2.28. The first-order valence-electron chi connectivity index (χ1n) is 3.09. The highest BCUT2D eigenvalue weighted by atomic mass is 32.2. The van der Waals surface area contributed by atoms with E-state index < -0.39 is 26.5 Å². The van der Waals surface area contributed by atoms with Crippen molar-refractivity contribution >= 4 is 15.8 Å². The molecule has 0 heterocycles. The lowest BCUT2D eigenvalue weighted by Crippen LogP contribution is -1.96. The van der Waals surface area contributed by atoms with Crippen molar-refractivity contribution in [1.82, 2.24) is 0 Å². The maximum absolute atomic E-state index is 10.5. The lowest BCUT2D eigenvalue weighted by atomic mass is 10.3. The summed E-state index contributed by atoms with van der Waals surface area (Å²) in [6.45, 7) is 0. The summed E-state index contributed by atoms with van der Waals surface area (Å²) >= 11 is 0. The van der Waals surface area contributed by atoms with Crippen LogP contribution in [-0.4, -0.2) is 18.1 Å². The molecular weight excluding hydrogens is 198 g/mol. The Morgan fingerprint density at radius 2 is 1.92 bits per heavy atom. The third-order valence-corrected chi connectivity index (χ3v) is 2.19. The molecule has 0 bridgehead atoms. The van der Waals surface area contributed by atoms with Gasteiger partial charge in [0.05, 0.1) is 4.90 Å². The van der Waals surface area contributed by atoms with Crippen molar-refractivity contribution in [3.63, 3.8) is 0 Å². The fraction of sp³-hybridized carbons (Fsp3) is 0. The second-order valence-corrected chi connectivity index (χ2v) is 3.64. The summed E-state index contributed by atoms with van der Waals surface area (Å²) in [6, 6.07) is 2.69. The molecule has 0 fully saturated rings. The highest BCUT2D eigenvalue weighted by Gasteiger charge is 2.12. The van der Waals surface area contributed by atoms with Crippen molar-refractivity contribution in [3.8, 4) is 5.75 Å². The van der Waals surface area contributed by atoms with Crippen molar-refractivity contribution in [2.24, 2.45) is 5.18 Å². The van der Waals surface area contributed by atoms with E-state index in [1.54, 1.807) is 0 Å². The van der Waals surface area contributed by atoms with Crippen LogP contribution < -0.4 is 0 Å². The average molecular weight is 203 g/mol. The van der Waals surface area contributed by atoms with Gasteiger partial charge < -0.3 is 5.11 Å². The number of benzene rings is 1. The molecule has 7 heteroatoms. The average Bonchev–Trinajstić information content (AvgIpc) is 2.03. The van der Waals surface area contributed by atoms with E-state index >= 15 is 0 Å². The molecule has 0 radical (unpaired) electrons. The topological polar surface area (TPSA) is 104 Å². The molecule has 1 aromatic carbocycles. The van der Waals surface area contributed by atoms with Crippen LogP contribution in [-0.2, 0) is 10.1 Å². The first-order chi connectivity index (χ1) is 5.95. The molecule has 0 saturated carbocycles. The zero-order valence-corrected chi connectivity index (χ0v) is 7.02. The van der Waals surface area contributed by atoms with E-state index in [0.717, 1.165) is 18.2 Å². The second-order valence-electron chi connectivity index (χ2n) is 2.22. The van der Waals surface area contributed by atoms with Crippen LogP contribution in [0.4, 0.5) is 5.69 Å². The SMILES string of the molecule is O=Nc1cc(S(=O)(=O)O)ccc1O. The minimum atomic E-state index is -4.36. The molecule has 6 nitrogen and oxygen atoms in total. The van der Waals surface area contributed by atoms with Gasteiger partial charge in [0.25, 0.3) is 10.1 Å². The van der Waals surface area contributed by atoms with Crippen molar-refractivity contribution in [1.29, 1.82) is 0 Å². The third-order valence-electron chi connectivity index (χ3n) is 1.34. The van der Waals surface area contributed by atoms with Crippen LogP contribution >= 0.6 is 0 Å². The summed E-state index contributed by atoms with van der Waals surface area (Å²) in [5.41, 5.74) is -0.435. The van der Waals surface area contributed by atoms with Gasteiger partial charge in [0, 0.05) is 0 Å². The summed E-state index contributed by atoms with van der Waals surface area (Å²) in [6.07, 6.45) is 0. The molecular formula is C6H5NO5S. The number of aromatic hydroxyl groups is 1. The molecule has 70 valence electrons. The molecule has 0 amide bonds. The van der Waals surface area contributed by atoms with Gasteiger partial charge in [-0.25, -0.2) is 0 Å². The summed E-state index contributed by atoms with van der Waals surface area (Å²) in [7, 11) is -4.36. The highest BCUT2D eigenvalue weighted by molar-refractivity contribution is 7.85. The van der Waals surface area contributed by atoms with Crippen LogP contribution in [0.3, 0.4) is 0 Å². The number of nitroso groups, excluding NO2 is 1. The van der Waals surface area contributed by atoms with Crippen molar-refractivity contribution in [2.45, 2.75) is 4.90 Å². The predicted octanol–water partition coefficient (Wildman–Crippen LogP) is 1.04. The van der Waals surface area contributed by atoms with Gasteiger partial charge >= 0.3 is 0 Å². The molecule has 2 N–H and O–H groups in total. The zero-order chi connectivity index (χ0) is 10.1. The lowest BCUT2D eigenvalue weighted by molar-refractivity contribution is 0.474. The van der Waals surface area contributed by atoms with Gasteiger partial charge in [-0.3, -0.25) is 4.55 Å². The van der Waals surface area contributed by atoms with Crippen LogP contribution in [0.15, 0.2) is 28.3 Å². The molecule has 0 aliphatic carbocycles. The van der Waals surface area contributed by atoms with Gasteiger partial charge in [0.15, 0.2) is 5.69 Å². The number of hydrogen-bond acceptors (Lipinski definition) is 5. The number of hydrogen-bond donors (Lipinski definition) is 2. The van der Waals surface area contributed by atoms with Gasteiger partial charge in [0.2, 0.25) is 0 Å². The molecule has 0 spiro atoms. The maximum atomic E-state index is 10.5. The third kappa shape index (κ3) is 2.01. The van der Waals surface area contributed by atoms with Crippen LogP contribution in [0.1, 0.15) is 0 Å². The van der Waals surface area contributed by atoms with Gasteiger partial charge in [-0.05, 0) is 23.4 Å². The fourth-order valence-electron chi connectivity index (χ4n) is 0.737. The normalized spacial score (nSPS) is 11.2. The van der Waals surface area contributed by atoms with Crippen LogP contribution in [0.25, 0.3) is 0 Å². The zero-order valence-electron chi connectivity index (χ0n) is 6.21. The van der Waals surface area contributed by atoms with E-state index in [-0.39, 0.29) is 0 Å². The standard InChI is InChI=1S/C6H5NO5S/c8-6-2-1-4(13(10,11)12)3-5(6)7-9/h1-3,8H,(H,10,11,12). The van der Waals surface area contributed by atoms with E-state index in [2.05, 4.69) is 5.18 Å². The quantitative estimate of drug-likeness (QED) is 0.551. The summed E-state index contributed by atoms with van der Waals surface area (Å²) < 4.78 is 29.6. The lowest BCUT2D eigenvalue weighted by Gasteiger charge is -1.98. The van der Waals surface area contributed by atoms with Crippen LogP contribution in [0.2, 0.25) is 0 Å². The van der Waals surface area contributed by atoms with Crippen molar-refractivity contribution < 1.29 is 18.1 Å². The number of nitrogens with zero attached hydrogens (tertiary/aromatic N) is 1. The van der Waals surface area contributed by atoms with E-state index in [1.165, 1.54) is 0 Å². The van der Waals surface area contributed by atoms with Gasteiger partial charge in [-0.2, -0.15) is 8.42 Å². The number of phenols is 1. The predicted molar refractivity (Wildman–Crippen MR) is 43.4 cm³/mol. The van der Waals surface area contributed by atoms with E-state index in [9.17, 15) is 13.3 Å². The Morgan fingerprint density at radius 1 is 1.31 bits per heavy atom.